The van der Waals surface area contributed by atoms with Crippen LogP contribution in [-0.2, 0) is 0 Å². The first kappa shape index (κ1) is 13.6. The topological polar surface area (TPSA) is 45.9 Å². The van der Waals surface area contributed by atoms with E-state index in [1.807, 2.05) is 0 Å². The van der Waals surface area contributed by atoms with E-state index in [-0.39, 0.29) is 0 Å². The lowest BCUT2D eigenvalue weighted by Gasteiger charge is -2.11. The number of nitrogens with zero attached hydrogens (tertiary/aromatic N) is 2. The minimum absolute atomic E-state index is 0.548. The molecule has 92 valence electrons. The van der Waals surface area contributed by atoms with Crippen molar-refractivity contribution in [2.75, 3.05) is 0 Å². The van der Waals surface area contributed by atoms with Crippen LogP contribution in [0.4, 0.5) is 22.0 Å². The van der Waals surface area contributed by atoms with E-state index in [1.165, 1.54) is 6.07 Å². The maximum atomic E-state index is 12.4. The van der Waals surface area contributed by atoms with Crippen molar-refractivity contribution in [2.24, 2.45) is 0 Å². The van der Waals surface area contributed by atoms with Gasteiger partial charge in [-0.15, -0.1) is 13.2 Å². The first-order valence-electron chi connectivity index (χ1n) is 3.89. The van der Waals surface area contributed by atoms with Gasteiger partial charge in [-0.25, -0.2) is 13.8 Å². The fourth-order valence-electron chi connectivity index (χ4n) is 0.938. The van der Waals surface area contributed by atoms with Crippen LogP contribution >= 0.6 is 15.9 Å². The molecule has 0 saturated carbocycles. The lowest BCUT2D eigenvalue weighted by atomic mass is 10.2. The summed E-state index contributed by atoms with van der Waals surface area (Å²) in [5.41, 5.74) is -1.59. The van der Waals surface area contributed by atoms with Crippen LogP contribution < -0.4 is 4.74 Å². The highest BCUT2D eigenvalue weighted by molar-refractivity contribution is 9.10. The van der Waals surface area contributed by atoms with Crippen LogP contribution in [0.25, 0.3) is 0 Å². The normalized spacial score (nSPS) is 11.4. The Bertz CT molecular complexity index is 468. The van der Waals surface area contributed by atoms with E-state index in [0.29, 0.717) is 6.07 Å². The molecule has 1 heterocycles. The van der Waals surface area contributed by atoms with Crippen LogP contribution in [0.5, 0.6) is 5.75 Å². The lowest BCUT2D eigenvalue weighted by Crippen LogP contribution is -2.18. The highest BCUT2D eigenvalue weighted by Gasteiger charge is 2.33. The Labute approximate surface area is 99.9 Å². The van der Waals surface area contributed by atoms with Crippen molar-refractivity contribution in [2.45, 2.75) is 12.8 Å². The van der Waals surface area contributed by atoms with Gasteiger partial charge in [-0.05, 0) is 15.9 Å². The molecule has 0 spiro atoms. The number of hydrogen-bond donors (Lipinski definition) is 0. The highest BCUT2D eigenvalue weighted by atomic mass is 79.9. The Morgan fingerprint density at radius 3 is 2.41 bits per heavy atom. The molecule has 1 aromatic rings. The zero-order valence-electron chi connectivity index (χ0n) is 7.73. The van der Waals surface area contributed by atoms with Crippen LogP contribution in [0.1, 0.15) is 17.7 Å². The molecule has 0 aliphatic carbocycles. The van der Waals surface area contributed by atoms with Gasteiger partial charge in [-0.1, -0.05) is 0 Å². The van der Waals surface area contributed by atoms with Crippen molar-refractivity contribution in [3.8, 4) is 11.8 Å². The summed E-state index contributed by atoms with van der Waals surface area (Å²) in [4.78, 5) is 3.15. The molecule has 17 heavy (non-hydrogen) atoms. The predicted molar refractivity (Wildman–Crippen MR) is 48.3 cm³/mol. The lowest BCUT2D eigenvalue weighted by molar-refractivity contribution is -0.275. The quantitative estimate of drug-likeness (QED) is 0.619. The maximum Gasteiger partial charge on any atom is 0.573 e. The summed E-state index contributed by atoms with van der Waals surface area (Å²) < 4.78 is 63.4. The monoisotopic (exact) mass is 316 g/mol. The number of nitriles is 1. The van der Waals surface area contributed by atoms with Gasteiger partial charge in [0, 0.05) is 6.07 Å². The van der Waals surface area contributed by atoms with Gasteiger partial charge in [0.2, 0.25) is 0 Å². The Balaban J connectivity index is 3.24. The zero-order valence-corrected chi connectivity index (χ0v) is 9.31. The second-order valence-corrected chi connectivity index (χ2v) is 3.42. The minimum Gasteiger partial charge on any atom is -0.403 e. The van der Waals surface area contributed by atoms with E-state index < -0.39 is 34.4 Å². The molecule has 0 fully saturated rings. The molecule has 0 atom stereocenters. The van der Waals surface area contributed by atoms with Crippen molar-refractivity contribution < 1.29 is 26.7 Å². The van der Waals surface area contributed by atoms with Crippen molar-refractivity contribution in [1.82, 2.24) is 4.98 Å². The summed E-state index contributed by atoms with van der Waals surface area (Å²) in [6, 6.07) is 1.87. The van der Waals surface area contributed by atoms with Gasteiger partial charge in [0.15, 0.2) is 5.75 Å². The third kappa shape index (κ3) is 3.52. The third-order valence-electron chi connectivity index (χ3n) is 1.53. The minimum atomic E-state index is -5.00. The average molecular weight is 317 g/mol. The fraction of sp³-hybridized carbons (Fsp3) is 0.250. The molecule has 0 aliphatic rings. The summed E-state index contributed by atoms with van der Waals surface area (Å²) in [5, 5.41) is 8.51. The summed E-state index contributed by atoms with van der Waals surface area (Å²) in [6.07, 6.45) is -8.07. The number of ether oxygens (including phenoxy) is 1. The Kier molecular flexibility index (Phi) is 3.87. The molecule has 0 bridgehead atoms. The summed E-state index contributed by atoms with van der Waals surface area (Å²) >= 11 is 2.55. The van der Waals surface area contributed by atoms with E-state index in [4.69, 9.17) is 5.26 Å². The van der Waals surface area contributed by atoms with Gasteiger partial charge in [0.25, 0.3) is 6.43 Å². The molecule has 0 aliphatic heterocycles. The molecule has 0 amide bonds. The van der Waals surface area contributed by atoms with Crippen LogP contribution in [0, 0.1) is 11.3 Å². The average Bonchev–Trinajstić information content (AvgIpc) is 2.18. The Morgan fingerprint density at radius 1 is 1.41 bits per heavy atom. The first-order valence-corrected chi connectivity index (χ1v) is 4.68. The van der Waals surface area contributed by atoms with Crippen LogP contribution in [0.15, 0.2) is 10.7 Å². The van der Waals surface area contributed by atoms with Gasteiger partial charge in [-0.2, -0.15) is 5.26 Å². The second-order valence-electron chi connectivity index (χ2n) is 2.67. The molecule has 0 aromatic carbocycles. The number of alkyl halides is 5. The SMILES string of the molecule is N#Cc1cc(OC(F)(F)F)c(Br)nc1C(F)F. The van der Waals surface area contributed by atoms with E-state index in [9.17, 15) is 22.0 Å². The first-order chi connectivity index (χ1) is 7.74. The Morgan fingerprint density at radius 2 is 2.00 bits per heavy atom. The van der Waals surface area contributed by atoms with Gasteiger partial charge < -0.3 is 4.74 Å². The van der Waals surface area contributed by atoms with Crippen molar-refractivity contribution >= 4 is 15.9 Å². The van der Waals surface area contributed by atoms with E-state index >= 15 is 0 Å². The van der Waals surface area contributed by atoms with E-state index in [0.717, 1.165) is 0 Å². The third-order valence-corrected chi connectivity index (χ3v) is 2.09. The summed E-state index contributed by atoms with van der Waals surface area (Å²) in [7, 11) is 0. The van der Waals surface area contributed by atoms with Gasteiger partial charge in [0.1, 0.15) is 16.4 Å². The van der Waals surface area contributed by atoms with Crippen LogP contribution in [0.3, 0.4) is 0 Å². The van der Waals surface area contributed by atoms with Crippen molar-refractivity contribution in [1.29, 1.82) is 5.26 Å². The maximum absolute atomic E-state index is 12.4. The van der Waals surface area contributed by atoms with Crippen molar-refractivity contribution in [3.05, 3.63) is 21.9 Å². The molecule has 1 aromatic heterocycles. The molecule has 0 N–H and O–H groups in total. The molecule has 0 radical (unpaired) electrons. The number of hydrogen-bond acceptors (Lipinski definition) is 3. The molecular weight excluding hydrogens is 315 g/mol. The molecule has 9 heteroatoms. The highest BCUT2D eigenvalue weighted by Crippen LogP contribution is 2.33. The zero-order chi connectivity index (χ0) is 13.2. The number of rotatable bonds is 2. The van der Waals surface area contributed by atoms with Gasteiger partial charge in [0.05, 0.1) is 5.56 Å². The standard InChI is InChI=1S/C8H2BrF5N2O/c9-6-4(17-8(12,13)14)1-3(2-15)5(16-6)7(10)11/h1,7H. The number of halogens is 6. The molecule has 0 unspecified atom stereocenters. The van der Waals surface area contributed by atoms with E-state index in [2.05, 4.69) is 25.7 Å². The second kappa shape index (κ2) is 4.83. The molecular formula is C8H2BrF5N2O. The van der Waals surface area contributed by atoms with Gasteiger partial charge in [-0.3, -0.25) is 0 Å². The molecule has 0 saturated heterocycles. The number of aromatic nitrogens is 1. The fourth-order valence-corrected chi connectivity index (χ4v) is 1.32. The molecule has 1 rings (SSSR count). The molecule has 3 nitrogen and oxygen atoms in total. The van der Waals surface area contributed by atoms with Crippen LogP contribution in [0.2, 0.25) is 0 Å². The van der Waals surface area contributed by atoms with Crippen molar-refractivity contribution in [3.63, 3.8) is 0 Å². The van der Waals surface area contributed by atoms with E-state index in [1.54, 1.807) is 0 Å². The van der Waals surface area contributed by atoms with Gasteiger partial charge >= 0.3 is 6.36 Å². The van der Waals surface area contributed by atoms with Crippen LogP contribution in [-0.4, -0.2) is 11.3 Å². The smallest absolute Gasteiger partial charge is 0.403 e. The largest absolute Gasteiger partial charge is 0.573 e. The number of pyridine rings is 1. The summed E-state index contributed by atoms with van der Waals surface area (Å²) in [6.45, 7) is 0. The predicted octanol–water partition coefficient (Wildman–Crippen LogP) is 3.55. The Hall–Kier alpha value is -1.43. The summed E-state index contributed by atoms with van der Waals surface area (Å²) in [5.74, 6) is -0.849.